The van der Waals surface area contributed by atoms with Gasteiger partial charge >= 0.3 is 0 Å². The molecule has 0 aliphatic carbocycles. The Labute approximate surface area is 121 Å². The maximum Gasteiger partial charge on any atom is 0.168 e. The minimum absolute atomic E-state index is 0.145. The molecule has 0 amide bonds. The number of ether oxygens (including phenoxy) is 1. The molecule has 0 aliphatic heterocycles. The first-order chi connectivity index (χ1) is 9.78. The molecule has 0 spiro atoms. The Morgan fingerprint density at radius 1 is 1.15 bits per heavy atom. The number of carbonyl (C=O) groups excluding carboxylic acids is 1. The molecule has 2 nitrogen and oxygen atoms in total. The molecule has 0 saturated carbocycles. The highest BCUT2D eigenvalue weighted by Crippen LogP contribution is 2.26. The van der Waals surface area contributed by atoms with Crippen molar-refractivity contribution in [3.05, 3.63) is 65.0 Å². The fourth-order valence-electron chi connectivity index (χ4n) is 2.28. The van der Waals surface area contributed by atoms with Crippen LogP contribution in [0.1, 0.15) is 15.9 Å². The van der Waals surface area contributed by atoms with Crippen molar-refractivity contribution in [3.63, 3.8) is 0 Å². The molecule has 100 valence electrons. The molecule has 3 heteroatoms. The number of benzene rings is 2. The van der Waals surface area contributed by atoms with Gasteiger partial charge in [-0.05, 0) is 40.6 Å². The Morgan fingerprint density at radius 2 is 2.00 bits per heavy atom. The second kappa shape index (κ2) is 5.47. The van der Waals surface area contributed by atoms with Crippen LogP contribution in [0.3, 0.4) is 0 Å². The standard InChI is InChI=1S/C17H14O2S/c1-19-14-6-2-4-12(10-14)11-16(18)15-7-3-5-13-8-9-20-17(13)15/h2-10H,11H2,1H3. The molecule has 0 radical (unpaired) electrons. The summed E-state index contributed by atoms with van der Waals surface area (Å²) < 4.78 is 6.26. The summed E-state index contributed by atoms with van der Waals surface area (Å²) >= 11 is 1.61. The number of fused-ring (bicyclic) bond motifs is 1. The minimum atomic E-state index is 0.145. The summed E-state index contributed by atoms with van der Waals surface area (Å²) in [6, 6.07) is 15.6. The topological polar surface area (TPSA) is 26.3 Å². The second-order valence-corrected chi connectivity index (χ2v) is 5.51. The number of methoxy groups -OCH3 is 1. The molecule has 2 aromatic carbocycles. The molecule has 20 heavy (non-hydrogen) atoms. The van der Waals surface area contributed by atoms with E-state index in [0.717, 1.165) is 27.0 Å². The zero-order chi connectivity index (χ0) is 13.9. The molecule has 0 fully saturated rings. The lowest BCUT2D eigenvalue weighted by atomic mass is 10.0. The summed E-state index contributed by atoms with van der Waals surface area (Å²) in [6.45, 7) is 0. The molecular formula is C17H14O2S. The van der Waals surface area contributed by atoms with Gasteiger partial charge in [0.2, 0.25) is 0 Å². The van der Waals surface area contributed by atoms with Crippen molar-refractivity contribution >= 4 is 27.2 Å². The lowest BCUT2D eigenvalue weighted by Crippen LogP contribution is -2.03. The fourth-order valence-corrected chi connectivity index (χ4v) is 3.21. The molecule has 3 rings (SSSR count). The maximum atomic E-state index is 12.5. The summed E-state index contributed by atoms with van der Waals surface area (Å²) in [4.78, 5) is 12.5. The van der Waals surface area contributed by atoms with Crippen molar-refractivity contribution in [2.24, 2.45) is 0 Å². The first-order valence-corrected chi connectivity index (χ1v) is 7.28. The minimum Gasteiger partial charge on any atom is -0.497 e. The number of hydrogen-bond acceptors (Lipinski definition) is 3. The summed E-state index contributed by atoms with van der Waals surface area (Å²) in [6.07, 6.45) is 0.397. The average Bonchev–Trinajstić information content (AvgIpc) is 2.95. The van der Waals surface area contributed by atoms with E-state index < -0.39 is 0 Å². The van der Waals surface area contributed by atoms with Gasteiger partial charge in [0.25, 0.3) is 0 Å². The van der Waals surface area contributed by atoms with Gasteiger partial charge in [0.15, 0.2) is 5.78 Å². The van der Waals surface area contributed by atoms with Crippen LogP contribution in [0.15, 0.2) is 53.9 Å². The van der Waals surface area contributed by atoms with E-state index in [4.69, 9.17) is 4.74 Å². The van der Waals surface area contributed by atoms with Crippen LogP contribution in [0.4, 0.5) is 0 Å². The third kappa shape index (κ3) is 2.45. The highest BCUT2D eigenvalue weighted by Gasteiger charge is 2.12. The van der Waals surface area contributed by atoms with Crippen molar-refractivity contribution in [1.82, 2.24) is 0 Å². The van der Waals surface area contributed by atoms with Crippen LogP contribution in [0.2, 0.25) is 0 Å². The first-order valence-electron chi connectivity index (χ1n) is 6.40. The number of Topliss-reactive ketones (excluding diaryl/α,β-unsaturated/α-hetero) is 1. The fraction of sp³-hybridized carbons (Fsp3) is 0.118. The highest BCUT2D eigenvalue weighted by molar-refractivity contribution is 7.17. The van der Waals surface area contributed by atoms with Gasteiger partial charge in [0.1, 0.15) is 5.75 Å². The van der Waals surface area contributed by atoms with E-state index in [2.05, 4.69) is 0 Å². The first kappa shape index (κ1) is 12.9. The molecule has 0 aliphatic rings. The quantitative estimate of drug-likeness (QED) is 0.666. The van der Waals surface area contributed by atoms with Crippen LogP contribution in [-0.2, 0) is 6.42 Å². The van der Waals surface area contributed by atoms with E-state index in [9.17, 15) is 4.79 Å². The van der Waals surface area contributed by atoms with E-state index in [1.807, 2.05) is 53.9 Å². The number of rotatable bonds is 4. The van der Waals surface area contributed by atoms with Crippen molar-refractivity contribution in [2.75, 3.05) is 7.11 Å². The zero-order valence-electron chi connectivity index (χ0n) is 11.1. The van der Waals surface area contributed by atoms with Gasteiger partial charge in [-0.2, -0.15) is 0 Å². The maximum absolute atomic E-state index is 12.5. The molecule has 0 bridgehead atoms. The lowest BCUT2D eigenvalue weighted by Gasteiger charge is -2.05. The van der Waals surface area contributed by atoms with Crippen molar-refractivity contribution in [1.29, 1.82) is 0 Å². The van der Waals surface area contributed by atoms with Gasteiger partial charge in [-0.1, -0.05) is 24.3 Å². The number of carbonyl (C=O) groups is 1. The van der Waals surface area contributed by atoms with E-state index in [-0.39, 0.29) is 5.78 Å². The lowest BCUT2D eigenvalue weighted by molar-refractivity contribution is 0.0994. The predicted molar refractivity (Wildman–Crippen MR) is 82.9 cm³/mol. The van der Waals surface area contributed by atoms with Gasteiger partial charge in [-0.25, -0.2) is 0 Å². The molecular weight excluding hydrogens is 268 g/mol. The smallest absolute Gasteiger partial charge is 0.168 e. The molecule has 0 N–H and O–H groups in total. The molecule has 0 atom stereocenters. The largest absolute Gasteiger partial charge is 0.497 e. The van der Waals surface area contributed by atoms with Crippen LogP contribution in [-0.4, -0.2) is 12.9 Å². The summed E-state index contributed by atoms with van der Waals surface area (Å²) in [7, 11) is 1.63. The monoisotopic (exact) mass is 282 g/mol. The summed E-state index contributed by atoms with van der Waals surface area (Å²) in [5.74, 6) is 0.927. The van der Waals surface area contributed by atoms with Crippen molar-refractivity contribution < 1.29 is 9.53 Å². The molecule has 0 saturated heterocycles. The third-order valence-electron chi connectivity index (χ3n) is 3.28. The van der Waals surface area contributed by atoms with Gasteiger partial charge < -0.3 is 4.74 Å². The van der Waals surface area contributed by atoms with Gasteiger partial charge in [-0.15, -0.1) is 11.3 Å². The van der Waals surface area contributed by atoms with E-state index >= 15 is 0 Å². The predicted octanol–water partition coefficient (Wildman–Crippen LogP) is 4.34. The Balaban J connectivity index is 1.91. The number of hydrogen-bond donors (Lipinski definition) is 0. The molecule has 1 aromatic heterocycles. The Kier molecular flexibility index (Phi) is 3.52. The third-order valence-corrected chi connectivity index (χ3v) is 4.24. The highest BCUT2D eigenvalue weighted by atomic mass is 32.1. The van der Waals surface area contributed by atoms with Crippen LogP contribution >= 0.6 is 11.3 Å². The average molecular weight is 282 g/mol. The van der Waals surface area contributed by atoms with Crippen LogP contribution in [0.5, 0.6) is 5.75 Å². The van der Waals surface area contributed by atoms with E-state index in [1.54, 1.807) is 18.4 Å². The summed E-state index contributed by atoms with van der Waals surface area (Å²) in [5.41, 5.74) is 1.78. The van der Waals surface area contributed by atoms with Crippen LogP contribution in [0, 0.1) is 0 Å². The van der Waals surface area contributed by atoms with E-state index in [1.165, 1.54) is 0 Å². The molecule has 0 unspecified atom stereocenters. The molecule has 3 aromatic rings. The summed E-state index contributed by atoms with van der Waals surface area (Å²) in [5, 5.41) is 3.15. The van der Waals surface area contributed by atoms with E-state index in [0.29, 0.717) is 6.42 Å². The number of ketones is 1. The zero-order valence-corrected chi connectivity index (χ0v) is 11.9. The second-order valence-electron chi connectivity index (χ2n) is 4.60. The van der Waals surface area contributed by atoms with Gasteiger partial charge in [-0.3, -0.25) is 4.79 Å². The normalized spacial score (nSPS) is 10.7. The van der Waals surface area contributed by atoms with Crippen molar-refractivity contribution in [3.8, 4) is 5.75 Å². The van der Waals surface area contributed by atoms with Gasteiger partial charge in [0, 0.05) is 16.7 Å². The Morgan fingerprint density at radius 3 is 2.85 bits per heavy atom. The molecule has 1 heterocycles. The number of thiophene rings is 1. The Bertz CT molecular complexity index is 758. The van der Waals surface area contributed by atoms with Crippen LogP contribution < -0.4 is 4.74 Å². The van der Waals surface area contributed by atoms with Crippen LogP contribution in [0.25, 0.3) is 10.1 Å². The Hall–Kier alpha value is -2.13. The van der Waals surface area contributed by atoms with Crippen molar-refractivity contribution in [2.45, 2.75) is 6.42 Å². The SMILES string of the molecule is COc1cccc(CC(=O)c2cccc3ccsc23)c1. The van der Waals surface area contributed by atoms with Gasteiger partial charge in [0.05, 0.1) is 7.11 Å².